The summed E-state index contributed by atoms with van der Waals surface area (Å²) in [7, 11) is -3.13. The van der Waals surface area contributed by atoms with Gasteiger partial charge in [0.2, 0.25) is 10.0 Å². The van der Waals surface area contributed by atoms with Crippen molar-refractivity contribution in [2.75, 3.05) is 25.9 Å². The summed E-state index contributed by atoms with van der Waals surface area (Å²) >= 11 is 0. The largest absolute Gasteiger partial charge is 0.384 e. The van der Waals surface area contributed by atoms with Gasteiger partial charge in [0.1, 0.15) is 5.84 Å². The van der Waals surface area contributed by atoms with Crippen molar-refractivity contribution in [3.05, 3.63) is 70.9 Å². The number of H-pyrrole nitrogens is 1. The second-order valence-electron chi connectivity index (χ2n) is 8.56. The Hall–Kier alpha value is -3.17. The van der Waals surface area contributed by atoms with Crippen molar-refractivity contribution in [2.24, 2.45) is 5.73 Å². The van der Waals surface area contributed by atoms with Crippen LogP contribution >= 0.6 is 0 Å². The average Bonchev–Trinajstić information content (AvgIpc) is 3.22. The van der Waals surface area contributed by atoms with Crippen molar-refractivity contribution in [1.29, 1.82) is 5.41 Å². The number of carbonyl (C=O) groups excluding carboxylic acids is 1. The van der Waals surface area contributed by atoms with Crippen LogP contribution in [-0.4, -0.2) is 55.3 Å². The van der Waals surface area contributed by atoms with Crippen LogP contribution in [0.3, 0.4) is 0 Å². The molecule has 1 aliphatic rings. The third-order valence-corrected chi connectivity index (χ3v) is 7.61. The molecular weight excluding hydrogens is 438 g/mol. The molecule has 9 heteroatoms. The van der Waals surface area contributed by atoms with Gasteiger partial charge in [0, 0.05) is 47.9 Å². The standard InChI is InChI=1S/C24H29N5O3S/c1-33(31,32)29-12-9-18(10-13-29)17-3-5-19(6-4-17)24(30)27-11-8-16-2-7-22-20(14-16)21(15-28-22)23(25)26/h2-7,14-15,18,28H,8-13H2,1H3,(H3,25,26)(H,27,30). The van der Waals surface area contributed by atoms with Crippen LogP contribution in [0.25, 0.3) is 10.9 Å². The van der Waals surface area contributed by atoms with Crippen molar-refractivity contribution in [2.45, 2.75) is 25.2 Å². The molecule has 33 heavy (non-hydrogen) atoms. The zero-order valence-electron chi connectivity index (χ0n) is 18.6. The van der Waals surface area contributed by atoms with Gasteiger partial charge in [-0.1, -0.05) is 18.2 Å². The number of fused-ring (bicyclic) bond motifs is 1. The number of sulfonamides is 1. The van der Waals surface area contributed by atoms with Gasteiger partial charge in [-0.15, -0.1) is 0 Å². The molecule has 0 radical (unpaired) electrons. The summed E-state index contributed by atoms with van der Waals surface area (Å²) in [6, 6.07) is 13.6. The number of aromatic amines is 1. The Kier molecular flexibility index (Phi) is 6.53. The Balaban J connectivity index is 1.31. The smallest absolute Gasteiger partial charge is 0.251 e. The SMILES string of the molecule is CS(=O)(=O)N1CCC(c2ccc(C(=O)NCCc3ccc4[nH]cc(C(=N)N)c4c3)cc2)CC1. The number of piperidine rings is 1. The van der Waals surface area contributed by atoms with Crippen LogP contribution in [-0.2, 0) is 16.4 Å². The van der Waals surface area contributed by atoms with Gasteiger partial charge in [0.25, 0.3) is 5.91 Å². The van der Waals surface area contributed by atoms with Crippen LogP contribution in [0.1, 0.15) is 45.8 Å². The summed E-state index contributed by atoms with van der Waals surface area (Å²) in [5, 5.41) is 11.6. The van der Waals surface area contributed by atoms with Crippen LogP contribution in [0.5, 0.6) is 0 Å². The number of rotatable bonds is 7. The maximum Gasteiger partial charge on any atom is 0.251 e. The molecule has 1 fully saturated rings. The molecule has 0 spiro atoms. The minimum absolute atomic E-state index is 0.0242. The van der Waals surface area contributed by atoms with E-state index in [1.165, 1.54) is 10.6 Å². The third kappa shape index (κ3) is 5.26. The number of nitrogen functional groups attached to an aromatic ring is 1. The normalized spacial score (nSPS) is 15.5. The van der Waals surface area contributed by atoms with E-state index in [-0.39, 0.29) is 11.7 Å². The van der Waals surface area contributed by atoms with Gasteiger partial charge in [-0.2, -0.15) is 0 Å². The van der Waals surface area contributed by atoms with E-state index in [2.05, 4.69) is 10.3 Å². The molecule has 0 atom stereocenters. The Labute approximate surface area is 193 Å². The lowest BCUT2D eigenvalue weighted by Crippen LogP contribution is -2.37. The molecule has 0 unspecified atom stereocenters. The van der Waals surface area contributed by atoms with Gasteiger partial charge >= 0.3 is 0 Å². The number of nitrogens with one attached hydrogen (secondary N) is 3. The first-order valence-electron chi connectivity index (χ1n) is 11.0. The first-order chi connectivity index (χ1) is 15.7. The van der Waals surface area contributed by atoms with E-state index in [4.69, 9.17) is 11.1 Å². The Morgan fingerprint density at radius 2 is 1.88 bits per heavy atom. The van der Waals surface area contributed by atoms with Gasteiger partial charge in [-0.25, -0.2) is 12.7 Å². The Morgan fingerprint density at radius 1 is 1.18 bits per heavy atom. The van der Waals surface area contributed by atoms with Crippen molar-refractivity contribution in [3.63, 3.8) is 0 Å². The Morgan fingerprint density at radius 3 is 2.52 bits per heavy atom. The van der Waals surface area contributed by atoms with E-state index in [1.54, 1.807) is 6.20 Å². The highest BCUT2D eigenvalue weighted by Gasteiger charge is 2.25. The highest BCUT2D eigenvalue weighted by atomic mass is 32.2. The van der Waals surface area contributed by atoms with Gasteiger partial charge in [0.05, 0.1) is 6.26 Å². The van der Waals surface area contributed by atoms with E-state index in [9.17, 15) is 13.2 Å². The van der Waals surface area contributed by atoms with E-state index in [1.807, 2.05) is 42.5 Å². The lowest BCUT2D eigenvalue weighted by molar-refractivity contribution is 0.0954. The molecule has 0 aliphatic carbocycles. The van der Waals surface area contributed by atoms with E-state index in [0.29, 0.717) is 43.1 Å². The number of carbonyl (C=O) groups is 1. The van der Waals surface area contributed by atoms with Crippen LogP contribution in [0.4, 0.5) is 0 Å². The monoisotopic (exact) mass is 467 g/mol. The van der Waals surface area contributed by atoms with Crippen molar-refractivity contribution in [1.82, 2.24) is 14.6 Å². The molecule has 0 bridgehead atoms. The van der Waals surface area contributed by atoms with Gasteiger partial charge < -0.3 is 16.0 Å². The van der Waals surface area contributed by atoms with E-state index < -0.39 is 10.0 Å². The second-order valence-corrected chi connectivity index (χ2v) is 10.5. The lowest BCUT2D eigenvalue weighted by atomic mass is 9.90. The number of hydrogen-bond donors (Lipinski definition) is 4. The average molecular weight is 468 g/mol. The predicted molar refractivity (Wildman–Crippen MR) is 130 cm³/mol. The molecule has 1 aliphatic heterocycles. The zero-order chi connectivity index (χ0) is 23.6. The Bertz CT molecular complexity index is 1270. The fraction of sp³-hybridized carbons (Fsp3) is 0.333. The first-order valence-corrected chi connectivity index (χ1v) is 12.8. The molecular formula is C24H29N5O3S. The van der Waals surface area contributed by atoms with Crippen LogP contribution in [0.15, 0.2) is 48.7 Å². The summed E-state index contributed by atoms with van der Waals surface area (Å²) in [5.41, 5.74) is 10.0. The van der Waals surface area contributed by atoms with Crippen molar-refractivity contribution >= 4 is 32.7 Å². The molecule has 8 nitrogen and oxygen atoms in total. The molecule has 174 valence electrons. The number of nitrogens with two attached hydrogens (primary N) is 1. The minimum Gasteiger partial charge on any atom is -0.384 e. The predicted octanol–water partition coefficient (Wildman–Crippen LogP) is 2.56. The fourth-order valence-corrected chi connectivity index (χ4v) is 5.27. The van der Waals surface area contributed by atoms with Crippen LogP contribution < -0.4 is 11.1 Å². The highest BCUT2D eigenvalue weighted by Crippen LogP contribution is 2.29. The van der Waals surface area contributed by atoms with Gasteiger partial charge in [-0.3, -0.25) is 10.2 Å². The summed E-state index contributed by atoms with van der Waals surface area (Å²) in [6.45, 7) is 1.57. The minimum atomic E-state index is -3.13. The summed E-state index contributed by atoms with van der Waals surface area (Å²) < 4.78 is 24.9. The van der Waals surface area contributed by atoms with Crippen molar-refractivity contribution in [3.8, 4) is 0 Å². The van der Waals surface area contributed by atoms with Crippen LogP contribution in [0, 0.1) is 5.41 Å². The quantitative estimate of drug-likeness (QED) is 0.314. The molecule has 0 saturated carbocycles. The fourth-order valence-electron chi connectivity index (χ4n) is 4.40. The molecule has 1 saturated heterocycles. The maximum atomic E-state index is 12.6. The lowest BCUT2D eigenvalue weighted by Gasteiger charge is -2.30. The number of amides is 1. The molecule has 2 aromatic carbocycles. The number of amidine groups is 1. The second kappa shape index (κ2) is 9.36. The van der Waals surface area contributed by atoms with Crippen molar-refractivity contribution < 1.29 is 13.2 Å². The molecule has 5 N–H and O–H groups in total. The van der Waals surface area contributed by atoms with Crippen LogP contribution in [0.2, 0.25) is 0 Å². The molecule has 1 aromatic heterocycles. The topological polar surface area (TPSA) is 132 Å². The molecule has 2 heterocycles. The zero-order valence-corrected chi connectivity index (χ0v) is 19.4. The van der Waals surface area contributed by atoms with Gasteiger partial charge in [-0.05, 0) is 60.6 Å². The number of benzene rings is 2. The number of aromatic nitrogens is 1. The van der Waals surface area contributed by atoms with Gasteiger partial charge in [0.15, 0.2) is 0 Å². The third-order valence-electron chi connectivity index (χ3n) is 6.30. The summed E-state index contributed by atoms with van der Waals surface area (Å²) in [4.78, 5) is 15.7. The molecule has 1 amide bonds. The molecule has 4 rings (SSSR count). The summed E-state index contributed by atoms with van der Waals surface area (Å²) in [5.74, 6) is 0.208. The van der Waals surface area contributed by atoms with E-state index >= 15 is 0 Å². The first kappa shape index (κ1) is 23.0. The maximum absolute atomic E-state index is 12.6. The summed E-state index contributed by atoms with van der Waals surface area (Å²) in [6.07, 6.45) is 5.23. The number of nitrogens with zero attached hydrogens (tertiary/aromatic N) is 1. The van der Waals surface area contributed by atoms with E-state index in [0.717, 1.165) is 34.9 Å². The highest BCUT2D eigenvalue weighted by molar-refractivity contribution is 7.88. The number of hydrogen-bond acceptors (Lipinski definition) is 4. The molecule has 3 aromatic rings.